The molecule has 2 aliphatic heterocycles. The Balaban J connectivity index is 0.000000914. The van der Waals surface area contributed by atoms with Gasteiger partial charge < -0.3 is 14.4 Å². The summed E-state index contributed by atoms with van der Waals surface area (Å²) in [6, 6.07) is 9.30. The van der Waals surface area contributed by atoms with Gasteiger partial charge in [-0.15, -0.1) is 0 Å². The lowest BCUT2D eigenvalue weighted by molar-refractivity contribution is -0.385. The molecule has 0 fully saturated rings. The number of fused-ring (bicyclic) bond motifs is 2. The van der Waals surface area contributed by atoms with Crippen molar-refractivity contribution < 1.29 is 14.4 Å². The standard InChI is InChI=1S/C22H21N3O4.2C2H6/c1-13-19-15(11-18(25(26)27)20(13)28-5)8-9-22(29-19)21(2,3)16-10-14(12-23)6-7-17(16)24(22)4;2*1-2/h6-11H,1-5H3;2*1-2H3. The number of likely N-dealkylation sites (N-methyl/N-ethyl adjacent to an activating group) is 1. The zero-order chi connectivity index (χ0) is 25.1. The van der Waals surface area contributed by atoms with Crippen LogP contribution in [0.2, 0.25) is 0 Å². The number of methoxy groups -OCH3 is 1. The summed E-state index contributed by atoms with van der Waals surface area (Å²) < 4.78 is 12.0. The molecule has 2 aromatic rings. The van der Waals surface area contributed by atoms with Gasteiger partial charge in [-0.1, -0.05) is 27.7 Å². The van der Waals surface area contributed by atoms with Gasteiger partial charge in [0.15, 0.2) is 0 Å². The van der Waals surface area contributed by atoms with Gasteiger partial charge in [0.2, 0.25) is 11.5 Å². The van der Waals surface area contributed by atoms with Crippen molar-refractivity contribution in [3.63, 3.8) is 0 Å². The molecule has 176 valence electrons. The summed E-state index contributed by atoms with van der Waals surface area (Å²) in [5, 5.41) is 20.8. The van der Waals surface area contributed by atoms with E-state index in [2.05, 4.69) is 24.8 Å². The summed E-state index contributed by atoms with van der Waals surface area (Å²) >= 11 is 0. The van der Waals surface area contributed by atoms with Crippen molar-refractivity contribution in [2.45, 2.75) is 59.6 Å². The molecule has 0 radical (unpaired) electrons. The first-order valence-electron chi connectivity index (χ1n) is 11.2. The molecule has 0 aromatic heterocycles. The Labute approximate surface area is 196 Å². The minimum absolute atomic E-state index is 0.0889. The van der Waals surface area contributed by atoms with Crippen LogP contribution in [-0.2, 0) is 5.41 Å². The Hall–Kier alpha value is -3.53. The SMILES string of the molecule is CC.CC.COc1c([N+](=O)[O-])cc2c(c1C)OC1(C=C2)N(C)c2ccc(C#N)cc2C1(C)C. The van der Waals surface area contributed by atoms with Crippen LogP contribution in [0.4, 0.5) is 11.4 Å². The molecule has 0 amide bonds. The number of benzene rings is 2. The number of rotatable bonds is 2. The van der Waals surface area contributed by atoms with E-state index in [0.29, 0.717) is 22.4 Å². The van der Waals surface area contributed by atoms with E-state index in [0.717, 1.165) is 11.3 Å². The second-order valence-corrected chi connectivity index (χ2v) is 7.89. The van der Waals surface area contributed by atoms with Crippen molar-refractivity contribution in [1.29, 1.82) is 5.26 Å². The smallest absolute Gasteiger partial charge is 0.312 e. The monoisotopic (exact) mass is 451 g/mol. The van der Waals surface area contributed by atoms with Crippen LogP contribution in [0.3, 0.4) is 0 Å². The van der Waals surface area contributed by atoms with Gasteiger partial charge in [0.25, 0.3) is 0 Å². The molecule has 0 bridgehead atoms. The van der Waals surface area contributed by atoms with Crippen molar-refractivity contribution in [2.24, 2.45) is 0 Å². The molecular formula is C26H33N3O4. The Kier molecular flexibility index (Phi) is 7.43. The highest BCUT2D eigenvalue weighted by molar-refractivity contribution is 5.76. The lowest BCUT2D eigenvalue weighted by atomic mass is 9.76. The number of hydrogen-bond donors (Lipinski definition) is 0. The van der Waals surface area contributed by atoms with E-state index in [-0.39, 0.29) is 11.4 Å². The van der Waals surface area contributed by atoms with E-state index in [4.69, 9.17) is 9.47 Å². The fourth-order valence-electron chi connectivity index (χ4n) is 4.54. The molecule has 2 aliphatic rings. The lowest BCUT2D eigenvalue weighted by Crippen LogP contribution is -2.58. The second kappa shape index (κ2) is 9.53. The summed E-state index contributed by atoms with van der Waals surface area (Å²) in [7, 11) is 3.37. The molecule has 4 rings (SSSR count). The molecule has 0 N–H and O–H groups in total. The number of nitriles is 1. The van der Waals surface area contributed by atoms with Crippen LogP contribution in [0.5, 0.6) is 11.5 Å². The van der Waals surface area contributed by atoms with E-state index >= 15 is 0 Å². The number of anilines is 1. The van der Waals surface area contributed by atoms with Crippen LogP contribution in [0.15, 0.2) is 30.3 Å². The van der Waals surface area contributed by atoms with Crippen molar-refractivity contribution in [3.05, 3.63) is 62.7 Å². The predicted molar refractivity (Wildman–Crippen MR) is 132 cm³/mol. The zero-order valence-corrected chi connectivity index (χ0v) is 20.9. The van der Waals surface area contributed by atoms with Crippen LogP contribution in [-0.4, -0.2) is 24.8 Å². The number of nitro benzene ring substituents is 1. The lowest BCUT2D eigenvalue weighted by Gasteiger charge is -2.46. The molecule has 2 heterocycles. The van der Waals surface area contributed by atoms with E-state index in [1.54, 1.807) is 13.0 Å². The number of hydrogen-bond acceptors (Lipinski definition) is 6. The van der Waals surface area contributed by atoms with Gasteiger partial charge in [-0.25, -0.2) is 0 Å². The molecule has 0 saturated heterocycles. The second-order valence-electron chi connectivity index (χ2n) is 7.89. The average molecular weight is 452 g/mol. The van der Waals surface area contributed by atoms with Gasteiger partial charge in [0.1, 0.15) is 5.75 Å². The van der Waals surface area contributed by atoms with Crippen LogP contribution in [0.25, 0.3) is 6.08 Å². The largest absolute Gasteiger partial charge is 0.490 e. The van der Waals surface area contributed by atoms with Gasteiger partial charge in [0.05, 0.1) is 29.1 Å². The highest BCUT2D eigenvalue weighted by atomic mass is 16.6. The maximum atomic E-state index is 11.5. The molecular weight excluding hydrogens is 418 g/mol. The first kappa shape index (κ1) is 25.7. The van der Waals surface area contributed by atoms with Crippen LogP contribution in [0, 0.1) is 28.4 Å². The van der Waals surface area contributed by atoms with E-state index in [1.807, 2.05) is 59.0 Å². The maximum Gasteiger partial charge on any atom is 0.312 e. The topological polar surface area (TPSA) is 88.6 Å². The maximum absolute atomic E-state index is 11.5. The summed E-state index contributed by atoms with van der Waals surface area (Å²) in [5.74, 6) is 0.755. The predicted octanol–water partition coefficient (Wildman–Crippen LogP) is 6.37. The molecule has 2 aromatic carbocycles. The third-order valence-electron chi connectivity index (χ3n) is 6.17. The molecule has 1 atom stereocenters. The minimum atomic E-state index is -0.845. The minimum Gasteiger partial charge on any atom is -0.490 e. The van der Waals surface area contributed by atoms with Crippen molar-refractivity contribution >= 4 is 17.5 Å². The van der Waals surface area contributed by atoms with Crippen molar-refractivity contribution in [3.8, 4) is 17.6 Å². The normalized spacial score (nSPS) is 18.5. The quantitative estimate of drug-likeness (QED) is 0.390. The Morgan fingerprint density at radius 2 is 1.82 bits per heavy atom. The Morgan fingerprint density at radius 1 is 1.18 bits per heavy atom. The summed E-state index contributed by atoms with van der Waals surface area (Å²) in [6.45, 7) is 13.9. The molecule has 0 aliphatic carbocycles. The van der Waals surface area contributed by atoms with E-state index in [9.17, 15) is 15.4 Å². The van der Waals surface area contributed by atoms with E-state index in [1.165, 1.54) is 13.2 Å². The van der Waals surface area contributed by atoms with Gasteiger partial charge in [-0.2, -0.15) is 5.26 Å². The van der Waals surface area contributed by atoms with Gasteiger partial charge >= 0.3 is 5.69 Å². The van der Waals surface area contributed by atoms with Gasteiger partial charge in [-0.3, -0.25) is 10.1 Å². The first-order valence-corrected chi connectivity index (χ1v) is 11.2. The fourth-order valence-corrected chi connectivity index (χ4v) is 4.54. The molecule has 33 heavy (non-hydrogen) atoms. The highest BCUT2D eigenvalue weighted by Gasteiger charge is 2.58. The molecule has 1 spiro atoms. The third-order valence-corrected chi connectivity index (χ3v) is 6.17. The number of ether oxygens (including phenoxy) is 2. The van der Waals surface area contributed by atoms with Gasteiger partial charge in [0, 0.05) is 29.9 Å². The molecule has 7 heteroatoms. The highest BCUT2D eigenvalue weighted by Crippen LogP contribution is 2.55. The van der Waals surface area contributed by atoms with Crippen molar-refractivity contribution in [2.75, 3.05) is 19.1 Å². The average Bonchev–Trinajstić information content (AvgIpc) is 2.99. The zero-order valence-electron chi connectivity index (χ0n) is 20.9. The van der Waals surface area contributed by atoms with E-state index < -0.39 is 16.1 Å². The third kappa shape index (κ3) is 3.70. The number of nitro groups is 1. The van der Waals surface area contributed by atoms with Crippen molar-refractivity contribution in [1.82, 2.24) is 0 Å². The summed E-state index contributed by atoms with van der Waals surface area (Å²) in [4.78, 5) is 13.1. The summed E-state index contributed by atoms with van der Waals surface area (Å²) in [6.07, 6.45) is 3.81. The van der Waals surface area contributed by atoms with Crippen LogP contribution in [0.1, 0.15) is 63.8 Å². The Morgan fingerprint density at radius 3 is 2.36 bits per heavy atom. The van der Waals surface area contributed by atoms with Crippen LogP contribution < -0.4 is 14.4 Å². The Bertz CT molecular complexity index is 1130. The molecule has 1 unspecified atom stereocenters. The van der Waals surface area contributed by atoms with Gasteiger partial charge in [-0.05, 0) is 56.7 Å². The summed E-state index contributed by atoms with van der Waals surface area (Å²) in [5.41, 5.74) is 2.39. The molecule has 0 saturated carbocycles. The first-order chi connectivity index (χ1) is 15.7. The number of nitrogens with zero attached hydrogens (tertiary/aromatic N) is 3. The van der Waals surface area contributed by atoms with Crippen LogP contribution >= 0.6 is 0 Å². The fraction of sp³-hybridized carbons (Fsp3) is 0.423. The molecule has 7 nitrogen and oxygen atoms in total.